The van der Waals surface area contributed by atoms with Gasteiger partial charge in [0.15, 0.2) is 5.69 Å². The van der Waals surface area contributed by atoms with Crippen molar-refractivity contribution < 1.29 is 9.53 Å². The number of nitrogens with one attached hydrogen (secondary N) is 1. The molecule has 1 aliphatic rings. The molecule has 174 valence electrons. The van der Waals surface area contributed by atoms with Crippen molar-refractivity contribution in [3.8, 4) is 0 Å². The van der Waals surface area contributed by atoms with Gasteiger partial charge in [-0.25, -0.2) is 4.79 Å². The van der Waals surface area contributed by atoms with Gasteiger partial charge in [0, 0.05) is 13.7 Å². The molecule has 1 aliphatic heterocycles. The number of aromatic amines is 1. The van der Waals surface area contributed by atoms with Gasteiger partial charge in [-0.05, 0) is 31.5 Å². The number of nitrogen functional groups attached to an aromatic ring is 1. The first kappa shape index (κ1) is 23.7. The third-order valence-corrected chi connectivity index (χ3v) is 5.80. The van der Waals surface area contributed by atoms with Crippen molar-refractivity contribution in [2.75, 3.05) is 50.5 Å². The molecule has 9 heteroatoms. The SMILES string of the molecule is COCCN(C(=O)CN1CCCCCCC1)c1c(N)n(Cc2ccccc2)c(=O)[nH]c1=O. The number of hydrogen-bond donors (Lipinski definition) is 2. The Balaban J connectivity index is 1.91. The molecule has 0 saturated carbocycles. The molecular formula is C23H33N5O4. The summed E-state index contributed by atoms with van der Waals surface area (Å²) < 4.78 is 6.46. The molecular weight excluding hydrogens is 410 g/mol. The summed E-state index contributed by atoms with van der Waals surface area (Å²) in [5.41, 5.74) is 5.89. The zero-order valence-electron chi connectivity index (χ0n) is 18.7. The minimum Gasteiger partial charge on any atom is -0.383 e. The van der Waals surface area contributed by atoms with Crippen LogP contribution < -0.4 is 21.9 Å². The highest BCUT2D eigenvalue weighted by Crippen LogP contribution is 2.19. The number of benzene rings is 1. The number of carbonyl (C=O) groups is 1. The zero-order valence-corrected chi connectivity index (χ0v) is 18.7. The fraction of sp³-hybridized carbons (Fsp3) is 0.522. The lowest BCUT2D eigenvalue weighted by Crippen LogP contribution is -2.47. The van der Waals surface area contributed by atoms with Crippen molar-refractivity contribution in [3.05, 3.63) is 56.7 Å². The van der Waals surface area contributed by atoms with Crippen molar-refractivity contribution in [2.24, 2.45) is 0 Å². The number of nitrogens with zero attached hydrogens (tertiary/aromatic N) is 3. The van der Waals surface area contributed by atoms with Crippen LogP contribution in [-0.2, 0) is 16.1 Å². The van der Waals surface area contributed by atoms with Crippen LogP contribution in [0.5, 0.6) is 0 Å². The lowest BCUT2D eigenvalue weighted by Gasteiger charge is -2.29. The predicted molar refractivity (Wildman–Crippen MR) is 125 cm³/mol. The molecule has 0 unspecified atom stereocenters. The first-order valence-electron chi connectivity index (χ1n) is 11.2. The number of likely N-dealkylation sites (tertiary alicyclic amines) is 1. The molecule has 0 spiro atoms. The lowest BCUT2D eigenvalue weighted by molar-refractivity contribution is -0.120. The minimum atomic E-state index is -0.672. The van der Waals surface area contributed by atoms with Crippen molar-refractivity contribution >= 4 is 17.4 Å². The Bertz CT molecular complexity index is 994. The van der Waals surface area contributed by atoms with E-state index >= 15 is 0 Å². The number of rotatable bonds is 8. The first-order chi connectivity index (χ1) is 15.5. The van der Waals surface area contributed by atoms with E-state index in [9.17, 15) is 14.4 Å². The topological polar surface area (TPSA) is 114 Å². The van der Waals surface area contributed by atoms with E-state index in [1.54, 1.807) is 0 Å². The van der Waals surface area contributed by atoms with E-state index in [2.05, 4.69) is 9.88 Å². The quantitative estimate of drug-likeness (QED) is 0.638. The van der Waals surface area contributed by atoms with Crippen LogP contribution >= 0.6 is 0 Å². The Kier molecular flexibility index (Phi) is 8.64. The summed E-state index contributed by atoms with van der Waals surface area (Å²) in [6.07, 6.45) is 5.66. The Morgan fingerprint density at radius 2 is 1.75 bits per heavy atom. The molecule has 1 aromatic heterocycles. The average molecular weight is 444 g/mol. The molecule has 1 saturated heterocycles. The van der Waals surface area contributed by atoms with Crippen molar-refractivity contribution in [1.29, 1.82) is 0 Å². The highest BCUT2D eigenvalue weighted by atomic mass is 16.5. The molecule has 0 atom stereocenters. The van der Waals surface area contributed by atoms with E-state index in [1.807, 2.05) is 30.3 Å². The number of H-pyrrole nitrogens is 1. The smallest absolute Gasteiger partial charge is 0.330 e. The van der Waals surface area contributed by atoms with Crippen LogP contribution in [0.15, 0.2) is 39.9 Å². The van der Waals surface area contributed by atoms with E-state index in [0.29, 0.717) is 0 Å². The third-order valence-electron chi connectivity index (χ3n) is 5.80. The maximum Gasteiger partial charge on any atom is 0.330 e. The molecule has 1 aromatic carbocycles. The fourth-order valence-corrected chi connectivity index (χ4v) is 4.05. The van der Waals surface area contributed by atoms with Gasteiger partial charge in [-0.3, -0.25) is 24.0 Å². The van der Waals surface area contributed by atoms with E-state index in [0.717, 1.165) is 44.3 Å². The van der Waals surface area contributed by atoms with Gasteiger partial charge in [-0.15, -0.1) is 0 Å². The molecule has 0 radical (unpaired) electrons. The molecule has 9 nitrogen and oxygen atoms in total. The number of methoxy groups -OCH3 is 1. The average Bonchev–Trinajstić information content (AvgIpc) is 2.75. The summed E-state index contributed by atoms with van der Waals surface area (Å²) in [6, 6.07) is 9.34. The Morgan fingerprint density at radius 3 is 2.41 bits per heavy atom. The molecule has 0 aliphatic carbocycles. The van der Waals surface area contributed by atoms with Crippen LogP contribution in [0.1, 0.15) is 37.7 Å². The summed E-state index contributed by atoms with van der Waals surface area (Å²) in [5.74, 6) is -0.260. The fourth-order valence-electron chi connectivity index (χ4n) is 4.05. The van der Waals surface area contributed by atoms with Crippen molar-refractivity contribution in [1.82, 2.24) is 14.5 Å². The van der Waals surface area contributed by atoms with Gasteiger partial charge in [-0.2, -0.15) is 0 Å². The van der Waals surface area contributed by atoms with Crippen molar-refractivity contribution in [2.45, 2.75) is 38.6 Å². The third kappa shape index (κ3) is 6.08. The number of anilines is 2. The normalized spacial score (nSPS) is 15.2. The second-order valence-corrected chi connectivity index (χ2v) is 8.15. The number of aromatic nitrogens is 2. The number of hydrogen-bond acceptors (Lipinski definition) is 6. The van der Waals surface area contributed by atoms with E-state index < -0.39 is 11.2 Å². The van der Waals surface area contributed by atoms with Gasteiger partial charge in [0.1, 0.15) is 5.82 Å². The maximum atomic E-state index is 13.3. The Hall–Kier alpha value is -2.91. The van der Waals surface area contributed by atoms with Gasteiger partial charge in [0.2, 0.25) is 5.91 Å². The molecule has 1 fully saturated rings. The van der Waals surface area contributed by atoms with Crippen LogP contribution in [0.4, 0.5) is 11.5 Å². The summed E-state index contributed by atoms with van der Waals surface area (Å²) >= 11 is 0. The molecule has 3 rings (SSSR count). The number of amides is 1. The number of carbonyl (C=O) groups excluding carboxylic acids is 1. The number of ether oxygens (including phenoxy) is 1. The summed E-state index contributed by atoms with van der Waals surface area (Å²) in [5, 5.41) is 0. The van der Waals surface area contributed by atoms with E-state index in [4.69, 9.17) is 10.5 Å². The predicted octanol–water partition coefficient (Wildman–Crippen LogP) is 1.41. The summed E-state index contributed by atoms with van der Waals surface area (Å²) in [7, 11) is 1.53. The molecule has 0 bridgehead atoms. The second kappa shape index (κ2) is 11.6. The van der Waals surface area contributed by atoms with Crippen molar-refractivity contribution in [3.63, 3.8) is 0 Å². The second-order valence-electron chi connectivity index (χ2n) is 8.15. The van der Waals surface area contributed by atoms with Crippen LogP contribution in [0.2, 0.25) is 0 Å². The minimum absolute atomic E-state index is 0.00498. The van der Waals surface area contributed by atoms with Gasteiger partial charge in [0.05, 0.1) is 19.7 Å². The van der Waals surface area contributed by atoms with E-state index in [-0.39, 0.29) is 43.7 Å². The molecule has 2 heterocycles. The Labute approximate surface area is 187 Å². The maximum absolute atomic E-state index is 13.3. The van der Waals surface area contributed by atoms with Crippen LogP contribution in [0.25, 0.3) is 0 Å². The summed E-state index contributed by atoms with van der Waals surface area (Å²) in [6.45, 7) is 2.49. The van der Waals surface area contributed by atoms with Crippen LogP contribution in [0.3, 0.4) is 0 Å². The van der Waals surface area contributed by atoms with Gasteiger partial charge in [-0.1, -0.05) is 49.6 Å². The highest BCUT2D eigenvalue weighted by Gasteiger charge is 2.25. The van der Waals surface area contributed by atoms with Gasteiger partial charge in [0.25, 0.3) is 5.56 Å². The lowest BCUT2D eigenvalue weighted by atomic mass is 10.1. The van der Waals surface area contributed by atoms with E-state index in [1.165, 1.54) is 23.0 Å². The molecule has 32 heavy (non-hydrogen) atoms. The first-order valence-corrected chi connectivity index (χ1v) is 11.2. The van der Waals surface area contributed by atoms with Crippen LogP contribution in [-0.4, -0.2) is 60.3 Å². The Morgan fingerprint density at radius 1 is 1.09 bits per heavy atom. The summed E-state index contributed by atoms with van der Waals surface area (Å²) in [4.78, 5) is 44.4. The molecule has 1 amide bonds. The standard InChI is InChI=1S/C23H33N5O4/c1-32-15-14-27(19(29)17-26-12-8-3-2-4-9-13-26)20-21(24)28(23(31)25-22(20)30)16-18-10-6-5-7-11-18/h5-7,10-11H,2-4,8-9,12-17,24H2,1H3,(H,25,30,31). The van der Waals surface area contributed by atoms with Crippen LogP contribution in [0, 0.1) is 0 Å². The molecule has 2 aromatic rings. The highest BCUT2D eigenvalue weighted by molar-refractivity contribution is 5.96. The zero-order chi connectivity index (χ0) is 22.9. The van der Waals surface area contributed by atoms with Gasteiger partial charge < -0.3 is 15.4 Å². The van der Waals surface area contributed by atoms with Gasteiger partial charge >= 0.3 is 5.69 Å². The molecule has 3 N–H and O–H groups in total. The largest absolute Gasteiger partial charge is 0.383 e. The monoisotopic (exact) mass is 443 g/mol. The number of nitrogens with two attached hydrogens (primary N) is 1.